The molecule has 6 heteroatoms. The number of carbonyl (C=O) groups excluding carboxylic acids is 1. The quantitative estimate of drug-likeness (QED) is 0.854. The maximum absolute atomic E-state index is 12.9. The van der Waals surface area contributed by atoms with Crippen molar-refractivity contribution < 1.29 is 4.79 Å². The van der Waals surface area contributed by atoms with E-state index in [1.807, 2.05) is 18.7 Å². The number of likely N-dealkylation sites (N-methyl/N-ethyl adjacent to an activating group) is 1. The van der Waals surface area contributed by atoms with E-state index >= 15 is 0 Å². The topological polar surface area (TPSA) is 41.4 Å². The van der Waals surface area contributed by atoms with E-state index in [1.165, 1.54) is 0 Å². The van der Waals surface area contributed by atoms with E-state index in [4.69, 9.17) is 11.6 Å². The summed E-state index contributed by atoms with van der Waals surface area (Å²) in [6.45, 7) is 7.57. The van der Waals surface area contributed by atoms with Gasteiger partial charge in [0.25, 0.3) is 0 Å². The molecule has 118 valence electrons. The summed E-state index contributed by atoms with van der Waals surface area (Å²) in [5.41, 5.74) is -0.716. The molecular formula is C15H25ClN4O. The summed E-state index contributed by atoms with van der Waals surface area (Å²) in [7, 11) is 4.17. The SMILES string of the molecule is CC[C@@H]1CN(C(=O)C(C)(C)n2cc(Cl)cn2)C[C@@H]1N(C)C. The Hall–Kier alpha value is -1.07. The normalized spacial score (nSPS) is 23.1. The van der Waals surface area contributed by atoms with E-state index in [0.717, 1.165) is 19.5 Å². The Bertz CT molecular complexity index is 512. The summed E-state index contributed by atoms with van der Waals surface area (Å²) in [6.07, 6.45) is 4.36. The molecule has 0 radical (unpaired) electrons. The average Bonchev–Trinajstić information content (AvgIpc) is 3.03. The second kappa shape index (κ2) is 5.97. The average molecular weight is 313 g/mol. The van der Waals surface area contributed by atoms with Crippen LogP contribution in [0.25, 0.3) is 0 Å². The maximum Gasteiger partial charge on any atom is 0.250 e. The van der Waals surface area contributed by atoms with Crippen LogP contribution in [0, 0.1) is 5.92 Å². The zero-order chi connectivity index (χ0) is 15.8. The molecule has 1 saturated heterocycles. The number of hydrogen-bond donors (Lipinski definition) is 0. The van der Waals surface area contributed by atoms with Crippen molar-refractivity contribution in [1.29, 1.82) is 0 Å². The van der Waals surface area contributed by atoms with Crippen LogP contribution in [-0.4, -0.2) is 58.7 Å². The van der Waals surface area contributed by atoms with Crippen LogP contribution in [0.2, 0.25) is 5.02 Å². The molecule has 0 saturated carbocycles. The number of hydrogen-bond acceptors (Lipinski definition) is 3. The number of rotatable bonds is 4. The zero-order valence-corrected chi connectivity index (χ0v) is 14.3. The highest BCUT2D eigenvalue weighted by atomic mass is 35.5. The number of halogens is 1. The third-order valence-electron chi connectivity index (χ3n) is 4.53. The molecule has 2 rings (SSSR count). The third kappa shape index (κ3) is 3.09. The summed E-state index contributed by atoms with van der Waals surface area (Å²) in [5, 5.41) is 4.75. The first-order chi connectivity index (χ1) is 9.77. The minimum absolute atomic E-state index is 0.102. The summed E-state index contributed by atoms with van der Waals surface area (Å²) in [6, 6.07) is 0.427. The van der Waals surface area contributed by atoms with Gasteiger partial charge in [0.1, 0.15) is 5.54 Å². The zero-order valence-electron chi connectivity index (χ0n) is 13.5. The lowest BCUT2D eigenvalue weighted by Gasteiger charge is -2.30. The Morgan fingerprint density at radius 3 is 2.57 bits per heavy atom. The van der Waals surface area contributed by atoms with Gasteiger partial charge in [-0.15, -0.1) is 0 Å². The number of nitrogens with zero attached hydrogens (tertiary/aromatic N) is 4. The van der Waals surface area contributed by atoms with Crippen LogP contribution >= 0.6 is 11.6 Å². The minimum atomic E-state index is -0.716. The van der Waals surface area contributed by atoms with E-state index < -0.39 is 5.54 Å². The molecule has 0 bridgehead atoms. The fourth-order valence-corrected chi connectivity index (χ4v) is 3.23. The summed E-state index contributed by atoms with van der Waals surface area (Å²) < 4.78 is 1.65. The highest BCUT2D eigenvalue weighted by Gasteiger charge is 2.41. The van der Waals surface area contributed by atoms with Gasteiger partial charge in [-0.25, -0.2) is 0 Å². The lowest BCUT2D eigenvalue weighted by Crippen LogP contribution is -2.47. The van der Waals surface area contributed by atoms with Crippen LogP contribution < -0.4 is 0 Å². The number of carbonyl (C=O) groups is 1. The number of aromatic nitrogens is 2. The molecule has 0 aliphatic carbocycles. The molecule has 21 heavy (non-hydrogen) atoms. The van der Waals surface area contributed by atoms with Crippen molar-refractivity contribution in [3.8, 4) is 0 Å². The van der Waals surface area contributed by atoms with Gasteiger partial charge in [0.05, 0.1) is 11.2 Å². The van der Waals surface area contributed by atoms with Gasteiger partial charge in [-0.3, -0.25) is 9.48 Å². The molecule has 0 aromatic carbocycles. The Balaban J connectivity index is 2.17. The van der Waals surface area contributed by atoms with Crippen LogP contribution in [0.1, 0.15) is 27.2 Å². The molecule has 5 nitrogen and oxygen atoms in total. The van der Waals surface area contributed by atoms with Crippen LogP contribution in [-0.2, 0) is 10.3 Å². The predicted octanol–water partition coefficient (Wildman–Crippen LogP) is 2.07. The van der Waals surface area contributed by atoms with Crippen molar-refractivity contribution in [2.75, 3.05) is 27.2 Å². The number of likely N-dealkylation sites (tertiary alicyclic amines) is 1. The van der Waals surface area contributed by atoms with Gasteiger partial charge in [0.15, 0.2) is 0 Å². The smallest absolute Gasteiger partial charge is 0.250 e. The molecule has 1 aromatic heterocycles. The molecule has 2 atom stereocenters. The lowest BCUT2D eigenvalue weighted by molar-refractivity contribution is -0.138. The monoisotopic (exact) mass is 312 g/mol. The summed E-state index contributed by atoms with van der Waals surface area (Å²) in [4.78, 5) is 17.1. The van der Waals surface area contributed by atoms with Crippen molar-refractivity contribution in [2.45, 2.75) is 38.8 Å². The number of amides is 1. The first kappa shape index (κ1) is 16.3. The van der Waals surface area contributed by atoms with Gasteiger partial charge in [-0.2, -0.15) is 5.10 Å². The Kier molecular flexibility index (Phi) is 4.63. The van der Waals surface area contributed by atoms with Gasteiger partial charge in [-0.05, 0) is 33.9 Å². The van der Waals surface area contributed by atoms with E-state index in [-0.39, 0.29) is 5.91 Å². The van der Waals surface area contributed by atoms with E-state index in [1.54, 1.807) is 17.1 Å². The van der Waals surface area contributed by atoms with E-state index in [2.05, 4.69) is 31.0 Å². The molecular weight excluding hydrogens is 288 g/mol. The standard InChI is InChI=1S/C15H25ClN4O/c1-6-11-8-19(10-13(11)18(4)5)14(21)15(2,3)20-9-12(16)7-17-20/h7,9,11,13H,6,8,10H2,1-5H3/t11-,13+/m1/s1. The fraction of sp³-hybridized carbons (Fsp3) is 0.733. The Morgan fingerprint density at radius 2 is 2.14 bits per heavy atom. The second-order valence-corrected chi connectivity index (χ2v) is 7.01. The Morgan fingerprint density at radius 1 is 1.48 bits per heavy atom. The second-order valence-electron chi connectivity index (χ2n) is 6.57. The van der Waals surface area contributed by atoms with Crippen molar-refractivity contribution in [3.63, 3.8) is 0 Å². The van der Waals surface area contributed by atoms with E-state index in [0.29, 0.717) is 17.0 Å². The highest BCUT2D eigenvalue weighted by molar-refractivity contribution is 6.30. The molecule has 1 aromatic rings. The third-order valence-corrected chi connectivity index (χ3v) is 4.72. The predicted molar refractivity (Wildman–Crippen MR) is 84.4 cm³/mol. The summed E-state index contributed by atoms with van der Waals surface area (Å²) in [5.74, 6) is 0.631. The van der Waals surface area contributed by atoms with Gasteiger partial charge in [0, 0.05) is 25.3 Å². The van der Waals surface area contributed by atoms with E-state index in [9.17, 15) is 4.79 Å². The van der Waals surface area contributed by atoms with Crippen LogP contribution in [0.5, 0.6) is 0 Å². The molecule has 0 unspecified atom stereocenters. The van der Waals surface area contributed by atoms with Crippen LogP contribution in [0.15, 0.2) is 12.4 Å². The highest BCUT2D eigenvalue weighted by Crippen LogP contribution is 2.28. The summed E-state index contributed by atoms with van der Waals surface area (Å²) >= 11 is 5.93. The minimum Gasteiger partial charge on any atom is -0.339 e. The first-order valence-electron chi connectivity index (χ1n) is 7.43. The van der Waals surface area contributed by atoms with Crippen molar-refractivity contribution >= 4 is 17.5 Å². The van der Waals surface area contributed by atoms with Crippen LogP contribution in [0.3, 0.4) is 0 Å². The Labute approximate surface area is 131 Å². The molecule has 0 N–H and O–H groups in total. The first-order valence-corrected chi connectivity index (χ1v) is 7.81. The fourth-order valence-electron chi connectivity index (χ4n) is 3.10. The molecule has 1 amide bonds. The molecule has 1 aliphatic heterocycles. The lowest BCUT2D eigenvalue weighted by atomic mass is 10.0. The molecule has 2 heterocycles. The largest absolute Gasteiger partial charge is 0.339 e. The maximum atomic E-state index is 12.9. The molecule has 1 aliphatic rings. The van der Waals surface area contributed by atoms with Gasteiger partial charge in [0.2, 0.25) is 5.91 Å². The molecule has 1 fully saturated rings. The molecule has 0 spiro atoms. The van der Waals surface area contributed by atoms with Crippen molar-refractivity contribution in [1.82, 2.24) is 19.6 Å². The van der Waals surface area contributed by atoms with Crippen molar-refractivity contribution in [2.24, 2.45) is 5.92 Å². The van der Waals surface area contributed by atoms with Gasteiger partial charge >= 0.3 is 0 Å². The van der Waals surface area contributed by atoms with Crippen molar-refractivity contribution in [3.05, 3.63) is 17.4 Å². The van der Waals surface area contributed by atoms with Gasteiger partial charge in [-0.1, -0.05) is 24.9 Å². The van der Waals surface area contributed by atoms with Gasteiger partial charge < -0.3 is 9.80 Å². The van der Waals surface area contributed by atoms with Crippen LogP contribution in [0.4, 0.5) is 0 Å².